The van der Waals surface area contributed by atoms with Crippen molar-refractivity contribution < 1.29 is 17.9 Å². The third-order valence-corrected chi connectivity index (χ3v) is 8.19. The molecule has 1 saturated heterocycles. The van der Waals surface area contributed by atoms with Gasteiger partial charge in [0, 0.05) is 37.4 Å². The number of halogens is 1. The lowest BCUT2D eigenvalue weighted by molar-refractivity contribution is 0.102. The SMILES string of the molecule is CCCCCCOc1ccc(C(=O)Nc2ccc(S(=O)(=O)N3CCN(C)CC3)cc2)cc1Br. The number of unbranched alkanes of at least 4 members (excludes halogenated alkanes) is 3. The van der Waals surface area contributed by atoms with Gasteiger partial charge in [-0.15, -0.1) is 0 Å². The molecular formula is C24H32BrN3O4S. The summed E-state index contributed by atoms with van der Waals surface area (Å²) < 4.78 is 33.7. The predicted molar refractivity (Wildman–Crippen MR) is 134 cm³/mol. The topological polar surface area (TPSA) is 78.9 Å². The Hall–Kier alpha value is -1.94. The van der Waals surface area contributed by atoms with Gasteiger partial charge in [-0.2, -0.15) is 4.31 Å². The maximum atomic E-state index is 12.8. The van der Waals surface area contributed by atoms with E-state index in [-0.39, 0.29) is 10.8 Å². The molecule has 1 N–H and O–H groups in total. The number of hydrogen-bond acceptors (Lipinski definition) is 5. The number of amides is 1. The average molecular weight is 539 g/mol. The third-order valence-electron chi connectivity index (χ3n) is 5.66. The van der Waals surface area contributed by atoms with Crippen molar-refractivity contribution >= 4 is 37.5 Å². The van der Waals surface area contributed by atoms with Crippen LogP contribution in [0.5, 0.6) is 5.75 Å². The van der Waals surface area contributed by atoms with Crippen LogP contribution in [0, 0.1) is 0 Å². The van der Waals surface area contributed by atoms with Gasteiger partial charge in [-0.3, -0.25) is 4.79 Å². The average Bonchev–Trinajstić information content (AvgIpc) is 2.80. The Morgan fingerprint density at radius 1 is 1.03 bits per heavy atom. The van der Waals surface area contributed by atoms with E-state index in [0.717, 1.165) is 17.3 Å². The minimum absolute atomic E-state index is 0.230. The number of piperazine rings is 1. The van der Waals surface area contributed by atoms with Crippen LogP contribution in [-0.2, 0) is 10.0 Å². The van der Waals surface area contributed by atoms with E-state index in [1.165, 1.54) is 29.3 Å². The number of carbonyl (C=O) groups is 1. The lowest BCUT2D eigenvalue weighted by Gasteiger charge is -2.31. The number of anilines is 1. The molecule has 2 aromatic rings. The second-order valence-corrected chi connectivity index (χ2v) is 11.0. The van der Waals surface area contributed by atoms with E-state index in [1.807, 2.05) is 7.05 Å². The smallest absolute Gasteiger partial charge is 0.255 e. The second kappa shape index (κ2) is 12.0. The zero-order valence-corrected chi connectivity index (χ0v) is 21.6. The van der Waals surface area contributed by atoms with E-state index in [9.17, 15) is 13.2 Å². The maximum Gasteiger partial charge on any atom is 0.255 e. The lowest BCUT2D eigenvalue weighted by Crippen LogP contribution is -2.46. The largest absolute Gasteiger partial charge is 0.492 e. The first-order valence-electron chi connectivity index (χ1n) is 11.3. The standard InChI is InChI=1S/C24H32BrN3O4S/c1-3-4-5-6-17-32-23-12-7-19(18-22(23)25)24(29)26-20-8-10-21(11-9-20)33(30,31)28-15-13-27(2)14-16-28/h7-12,18H,3-6,13-17H2,1-2H3,(H,26,29). The van der Waals surface area contributed by atoms with Crippen molar-refractivity contribution in [1.29, 1.82) is 0 Å². The predicted octanol–water partition coefficient (Wildman–Crippen LogP) is 4.60. The highest BCUT2D eigenvalue weighted by Crippen LogP contribution is 2.27. The first kappa shape index (κ1) is 25.7. The van der Waals surface area contributed by atoms with Crippen LogP contribution in [0.1, 0.15) is 43.0 Å². The van der Waals surface area contributed by atoms with E-state index >= 15 is 0 Å². The third kappa shape index (κ3) is 7.02. The van der Waals surface area contributed by atoms with E-state index in [0.29, 0.717) is 49.8 Å². The number of hydrogen-bond donors (Lipinski definition) is 1. The molecule has 3 rings (SSSR count). The molecule has 7 nitrogen and oxygen atoms in total. The Labute approximate surface area is 205 Å². The molecule has 1 heterocycles. The molecule has 0 radical (unpaired) electrons. The van der Waals surface area contributed by atoms with Crippen LogP contribution in [0.25, 0.3) is 0 Å². The molecule has 0 saturated carbocycles. The van der Waals surface area contributed by atoms with Crippen LogP contribution in [0.4, 0.5) is 5.69 Å². The van der Waals surface area contributed by atoms with Gasteiger partial charge in [0.15, 0.2) is 0 Å². The molecule has 1 amide bonds. The number of rotatable bonds is 10. The number of nitrogens with one attached hydrogen (secondary N) is 1. The first-order valence-corrected chi connectivity index (χ1v) is 13.6. The second-order valence-electron chi connectivity index (χ2n) is 8.24. The van der Waals surface area contributed by atoms with Crippen molar-refractivity contribution in [3.8, 4) is 5.75 Å². The molecule has 1 fully saturated rings. The van der Waals surface area contributed by atoms with Crippen molar-refractivity contribution in [3.05, 3.63) is 52.5 Å². The molecule has 0 unspecified atom stereocenters. The van der Waals surface area contributed by atoms with Crippen LogP contribution in [-0.4, -0.2) is 63.4 Å². The molecule has 33 heavy (non-hydrogen) atoms. The summed E-state index contributed by atoms with van der Waals surface area (Å²) in [6.07, 6.45) is 4.53. The molecule has 2 aromatic carbocycles. The molecule has 0 bridgehead atoms. The van der Waals surface area contributed by atoms with Crippen molar-refractivity contribution in [2.75, 3.05) is 45.2 Å². The summed E-state index contributed by atoms with van der Waals surface area (Å²) in [5.74, 6) is 0.432. The summed E-state index contributed by atoms with van der Waals surface area (Å²) in [6, 6.07) is 11.5. The van der Waals surface area contributed by atoms with Crippen LogP contribution < -0.4 is 10.1 Å². The zero-order chi connectivity index (χ0) is 23.8. The van der Waals surface area contributed by atoms with Gasteiger partial charge in [-0.25, -0.2) is 8.42 Å². The maximum absolute atomic E-state index is 12.8. The minimum atomic E-state index is -3.53. The molecule has 0 spiro atoms. The highest BCUT2D eigenvalue weighted by Gasteiger charge is 2.27. The monoisotopic (exact) mass is 537 g/mol. The number of carbonyl (C=O) groups excluding carboxylic acids is 1. The molecular weight excluding hydrogens is 506 g/mol. The molecule has 180 valence electrons. The van der Waals surface area contributed by atoms with Gasteiger partial charge >= 0.3 is 0 Å². The van der Waals surface area contributed by atoms with Crippen molar-refractivity contribution in [2.45, 2.75) is 37.5 Å². The van der Waals surface area contributed by atoms with Gasteiger partial charge in [0.2, 0.25) is 10.0 Å². The molecule has 0 atom stereocenters. The van der Waals surface area contributed by atoms with Crippen LogP contribution in [0.2, 0.25) is 0 Å². The van der Waals surface area contributed by atoms with Crippen molar-refractivity contribution in [2.24, 2.45) is 0 Å². The number of sulfonamides is 1. The van der Waals surface area contributed by atoms with E-state index in [1.54, 1.807) is 30.3 Å². The number of likely N-dealkylation sites (N-methyl/N-ethyl adjacent to an activating group) is 1. The summed E-state index contributed by atoms with van der Waals surface area (Å²) in [5.41, 5.74) is 1.01. The van der Waals surface area contributed by atoms with Crippen molar-refractivity contribution in [1.82, 2.24) is 9.21 Å². The van der Waals surface area contributed by atoms with Gasteiger partial charge in [0.1, 0.15) is 5.75 Å². The van der Waals surface area contributed by atoms with Crippen LogP contribution in [0.3, 0.4) is 0 Å². The first-order chi connectivity index (χ1) is 15.8. The number of benzene rings is 2. The number of nitrogens with zero attached hydrogens (tertiary/aromatic N) is 2. The fourth-order valence-corrected chi connectivity index (χ4v) is 5.48. The van der Waals surface area contributed by atoms with E-state index in [4.69, 9.17) is 4.74 Å². The molecule has 1 aliphatic rings. The fraction of sp³-hybridized carbons (Fsp3) is 0.458. The quantitative estimate of drug-likeness (QED) is 0.448. The minimum Gasteiger partial charge on any atom is -0.492 e. The molecule has 0 aromatic heterocycles. The van der Waals surface area contributed by atoms with Gasteiger partial charge in [0.05, 0.1) is 16.0 Å². The van der Waals surface area contributed by atoms with Crippen LogP contribution >= 0.6 is 15.9 Å². The summed E-state index contributed by atoms with van der Waals surface area (Å²) >= 11 is 3.48. The van der Waals surface area contributed by atoms with Gasteiger partial charge in [-0.05, 0) is 71.9 Å². The summed E-state index contributed by atoms with van der Waals surface area (Å²) in [5, 5.41) is 2.82. The van der Waals surface area contributed by atoms with E-state index < -0.39 is 10.0 Å². The van der Waals surface area contributed by atoms with Crippen molar-refractivity contribution in [3.63, 3.8) is 0 Å². The lowest BCUT2D eigenvalue weighted by atomic mass is 10.2. The summed E-state index contributed by atoms with van der Waals surface area (Å²) in [4.78, 5) is 15.0. The molecule has 9 heteroatoms. The Morgan fingerprint density at radius 2 is 1.73 bits per heavy atom. The fourth-order valence-electron chi connectivity index (χ4n) is 3.56. The Bertz CT molecular complexity index is 1040. The van der Waals surface area contributed by atoms with Gasteiger partial charge < -0.3 is 15.0 Å². The highest BCUT2D eigenvalue weighted by atomic mass is 79.9. The number of ether oxygens (including phenoxy) is 1. The molecule has 0 aliphatic carbocycles. The van der Waals surface area contributed by atoms with Gasteiger partial charge in [0.25, 0.3) is 5.91 Å². The summed E-state index contributed by atoms with van der Waals surface area (Å²) in [6.45, 7) is 5.20. The highest BCUT2D eigenvalue weighted by molar-refractivity contribution is 9.10. The zero-order valence-electron chi connectivity index (χ0n) is 19.2. The Morgan fingerprint density at radius 3 is 2.36 bits per heavy atom. The summed E-state index contributed by atoms with van der Waals surface area (Å²) in [7, 11) is -1.55. The van der Waals surface area contributed by atoms with Crippen LogP contribution in [0.15, 0.2) is 51.8 Å². The van der Waals surface area contributed by atoms with E-state index in [2.05, 4.69) is 33.1 Å². The Kier molecular flexibility index (Phi) is 9.31. The molecule has 1 aliphatic heterocycles. The van der Waals surface area contributed by atoms with Gasteiger partial charge in [-0.1, -0.05) is 26.2 Å². The normalized spacial score (nSPS) is 15.4. The Balaban J connectivity index is 1.58.